The Labute approximate surface area is 171 Å². The zero-order chi connectivity index (χ0) is 19.8. The van der Waals surface area contributed by atoms with Crippen LogP contribution in [0.2, 0.25) is 0 Å². The molecular formula is C28H23N. The highest BCUT2D eigenvalue weighted by Gasteiger charge is 2.36. The van der Waals surface area contributed by atoms with Gasteiger partial charge >= 0.3 is 0 Å². The lowest BCUT2D eigenvalue weighted by Gasteiger charge is -2.21. The molecule has 1 heteroatoms. The molecule has 0 unspecified atom stereocenters. The third kappa shape index (κ3) is 2.16. The maximum atomic E-state index is 2.44. The lowest BCUT2D eigenvalue weighted by molar-refractivity contribution is 0.661. The van der Waals surface area contributed by atoms with Crippen LogP contribution < -0.4 is 0 Å². The average Bonchev–Trinajstić information content (AvgIpc) is 3.18. The molecule has 1 aromatic heterocycles. The van der Waals surface area contributed by atoms with Crippen LogP contribution in [0.15, 0.2) is 84.9 Å². The van der Waals surface area contributed by atoms with Gasteiger partial charge in [-0.3, -0.25) is 0 Å². The number of hydrogen-bond donors (Lipinski definition) is 0. The second-order valence-electron chi connectivity index (χ2n) is 8.77. The smallest absolute Gasteiger partial charge is 0.0544 e. The second-order valence-corrected chi connectivity index (χ2v) is 8.77. The van der Waals surface area contributed by atoms with Crippen molar-refractivity contribution in [3.63, 3.8) is 0 Å². The molecule has 0 saturated heterocycles. The summed E-state index contributed by atoms with van der Waals surface area (Å²) in [6.07, 6.45) is 0. The molecule has 1 nitrogen and oxygen atoms in total. The quantitative estimate of drug-likeness (QED) is 0.288. The minimum absolute atomic E-state index is 0.00861. The van der Waals surface area contributed by atoms with Gasteiger partial charge in [0.15, 0.2) is 0 Å². The molecule has 0 spiro atoms. The first-order chi connectivity index (χ1) is 14.1. The number of rotatable bonds is 1. The summed E-state index contributed by atoms with van der Waals surface area (Å²) in [6, 6.07) is 31.4. The van der Waals surface area contributed by atoms with Gasteiger partial charge in [-0.1, -0.05) is 74.0 Å². The minimum atomic E-state index is 0.00861. The largest absolute Gasteiger partial charge is 0.309 e. The van der Waals surface area contributed by atoms with Crippen molar-refractivity contribution in [1.29, 1.82) is 0 Å². The molecule has 0 fully saturated rings. The fraction of sp³-hybridized carbons (Fsp3) is 0.143. The summed E-state index contributed by atoms with van der Waals surface area (Å²) in [5.74, 6) is 0. The van der Waals surface area contributed by atoms with Crippen molar-refractivity contribution in [2.24, 2.45) is 0 Å². The SMILES string of the molecule is Cc1ccc(-n2c3ccccc3c3cc4c(cc32)C(C)(C)c2ccccc2-4)cc1. The molecule has 0 atom stereocenters. The third-order valence-corrected chi connectivity index (χ3v) is 6.67. The summed E-state index contributed by atoms with van der Waals surface area (Å²) < 4.78 is 2.42. The third-order valence-electron chi connectivity index (χ3n) is 6.67. The number of nitrogens with zero attached hydrogens (tertiary/aromatic N) is 1. The zero-order valence-electron chi connectivity index (χ0n) is 17.0. The maximum absolute atomic E-state index is 2.44. The molecule has 1 heterocycles. The molecule has 1 aliphatic carbocycles. The standard InChI is InChI=1S/C28H23N/c1-18-12-14-19(15-13-18)29-26-11-7-5-9-21(26)23-16-22-20-8-4-6-10-24(20)28(2,3)25(22)17-27(23)29/h4-17H,1-3H3. The Hall–Kier alpha value is -3.32. The van der Waals surface area contributed by atoms with Crippen LogP contribution in [0, 0.1) is 6.92 Å². The highest BCUT2D eigenvalue weighted by Crippen LogP contribution is 2.50. The van der Waals surface area contributed by atoms with Gasteiger partial charge in [-0.2, -0.15) is 0 Å². The van der Waals surface area contributed by atoms with Gasteiger partial charge < -0.3 is 4.57 Å². The van der Waals surface area contributed by atoms with E-state index in [2.05, 4.69) is 110 Å². The second kappa shape index (κ2) is 5.61. The fourth-order valence-electron chi connectivity index (χ4n) is 5.14. The zero-order valence-corrected chi connectivity index (χ0v) is 17.0. The molecular weight excluding hydrogens is 350 g/mol. The van der Waals surface area contributed by atoms with Gasteiger partial charge in [0, 0.05) is 21.9 Å². The fourth-order valence-corrected chi connectivity index (χ4v) is 5.14. The van der Waals surface area contributed by atoms with E-state index in [1.165, 1.54) is 55.3 Å². The molecule has 1 aliphatic rings. The minimum Gasteiger partial charge on any atom is -0.309 e. The Balaban J connectivity index is 1.77. The number of para-hydroxylation sites is 1. The van der Waals surface area contributed by atoms with Crippen LogP contribution >= 0.6 is 0 Å². The Morgan fingerprint density at radius 3 is 2.17 bits per heavy atom. The van der Waals surface area contributed by atoms with E-state index in [9.17, 15) is 0 Å². The van der Waals surface area contributed by atoms with Crippen molar-refractivity contribution < 1.29 is 0 Å². The van der Waals surface area contributed by atoms with Crippen LogP contribution in [0.5, 0.6) is 0 Å². The molecule has 0 N–H and O–H groups in total. The van der Waals surface area contributed by atoms with E-state index in [0.29, 0.717) is 0 Å². The van der Waals surface area contributed by atoms with Crippen molar-refractivity contribution >= 4 is 21.8 Å². The number of hydrogen-bond acceptors (Lipinski definition) is 0. The number of aromatic nitrogens is 1. The van der Waals surface area contributed by atoms with Gasteiger partial charge in [-0.15, -0.1) is 0 Å². The van der Waals surface area contributed by atoms with Gasteiger partial charge in [0.25, 0.3) is 0 Å². The van der Waals surface area contributed by atoms with Gasteiger partial charge in [0.05, 0.1) is 11.0 Å². The van der Waals surface area contributed by atoms with Crippen molar-refractivity contribution in [1.82, 2.24) is 4.57 Å². The molecule has 29 heavy (non-hydrogen) atoms. The van der Waals surface area contributed by atoms with Crippen LogP contribution in [0.3, 0.4) is 0 Å². The van der Waals surface area contributed by atoms with Crippen molar-refractivity contribution in [3.8, 4) is 16.8 Å². The lowest BCUT2D eigenvalue weighted by atomic mass is 9.82. The van der Waals surface area contributed by atoms with Gasteiger partial charge in [0.2, 0.25) is 0 Å². The first-order valence-electron chi connectivity index (χ1n) is 10.3. The van der Waals surface area contributed by atoms with Gasteiger partial charge in [-0.25, -0.2) is 0 Å². The number of fused-ring (bicyclic) bond motifs is 6. The van der Waals surface area contributed by atoms with Crippen molar-refractivity contribution in [3.05, 3.63) is 102 Å². The van der Waals surface area contributed by atoms with E-state index in [-0.39, 0.29) is 5.41 Å². The predicted molar refractivity (Wildman–Crippen MR) is 123 cm³/mol. The summed E-state index contributed by atoms with van der Waals surface area (Å²) in [4.78, 5) is 0. The monoisotopic (exact) mass is 373 g/mol. The van der Waals surface area contributed by atoms with E-state index in [1.54, 1.807) is 0 Å². The van der Waals surface area contributed by atoms with E-state index in [4.69, 9.17) is 0 Å². The Morgan fingerprint density at radius 1 is 0.621 bits per heavy atom. The molecule has 0 saturated carbocycles. The lowest BCUT2D eigenvalue weighted by Crippen LogP contribution is -2.14. The summed E-state index contributed by atoms with van der Waals surface area (Å²) in [7, 11) is 0. The van der Waals surface area contributed by atoms with E-state index in [1.807, 2.05) is 0 Å². The van der Waals surface area contributed by atoms with Crippen LogP contribution in [0.4, 0.5) is 0 Å². The normalized spacial score (nSPS) is 14.3. The van der Waals surface area contributed by atoms with E-state index >= 15 is 0 Å². The molecule has 0 radical (unpaired) electrons. The summed E-state index contributed by atoms with van der Waals surface area (Å²) in [6.45, 7) is 6.84. The van der Waals surface area contributed by atoms with E-state index < -0.39 is 0 Å². The molecule has 0 bridgehead atoms. The summed E-state index contributed by atoms with van der Waals surface area (Å²) in [5.41, 5.74) is 10.7. The van der Waals surface area contributed by atoms with Crippen molar-refractivity contribution in [2.75, 3.05) is 0 Å². The molecule has 140 valence electrons. The molecule has 5 aromatic rings. The van der Waals surface area contributed by atoms with Crippen LogP contribution in [-0.4, -0.2) is 4.57 Å². The molecule has 4 aromatic carbocycles. The van der Waals surface area contributed by atoms with E-state index in [0.717, 1.165) is 0 Å². The van der Waals surface area contributed by atoms with Crippen molar-refractivity contribution in [2.45, 2.75) is 26.2 Å². The molecule has 0 amide bonds. The number of aryl methyl sites for hydroxylation is 1. The molecule has 0 aliphatic heterocycles. The topological polar surface area (TPSA) is 4.93 Å². The van der Waals surface area contributed by atoms with Gasteiger partial charge in [0.1, 0.15) is 0 Å². The van der Waals surface area contributed by atoms with Crippen LogP contribution in [0.1, 0.15) is 30.5 Å². The maximum Gasteiger partial charge on any atom is 0.0544 e. The highest BCUT2D eigenvalue weighted by atomic mass is 15.0. The first kappa shape index (κ1) is 16.6. The number of benzene rings is 4. The Kier molecular flexibility index (Phi) is 3.21. The average molecular weight is 373 g/mol. The Morgan fingerprint density at radius 2 is 1.34 bits per heavy atom. The first-order valence-corrected chi connectivity index (χ1v) is 10.3. The predicted octanol–water partition coefficient (Wildman–Crippen LogP) is 7.40. The van der Waals surface area contributed by atoms with Crippen LogP contribution in [0.25, 0.3) is 38.6 Å². The van der Waals surface area contributed by atoms with Crippen LogP contribution in [-0.2, 0) is 5.41 Å². The highest BCUT2D eigenvalue weighted by molar-refractivity contribution is 6.11. The van der Waals surface area contributed by atoms with Gasteiger partial charge in [-0.05, 0) is 59.5 Å². The summed E-state index contributed by atoms with van der Waals surface area (Å²) >= 11 is 0. The molecule has 6 rings (SSSR count). The summed E-state index contributed by atoms with van der Waals surface area (Å²) in [5, 5.41) is 2.64. The Bertz CT molecular complexity index is 1410.